The number of likely N-dealkylation sites (N-methyl/N-ethyl adjacent to an activating group) is 1. The Labute approximate surface area is 126 Å². The number of pyridine rings is 1. The van der Waals surface area contributed by atoms with Crippen LogP contribution in [0.15, 0.2) is 23.4 Å². The fourth-order valence-corrected chi connectivity index (χ4v) is 3.60. The van der Waals surface area contributed by atoms with E-state index >= 15 is 0 Å². The third kappa shape index (κ3) is 4.47. The van der Waals surface area contributed by atoms with E-state index in [4.69, 9.17) is 5.73 Å². The molecule has 0 bridgehead atoms. The number of hydrogen-bond acceptors (Lipinski definition) is 5. The molecule has 21 heavy (non-hydrogen) atoms. The second-order valence-corrected chi connectivity index (χ2v) is 7.24. The number of rotatable bonds is 7. The highest BCUT2D eigenvalue weighted by atomic mass is 32.2. The number of hydrogen-bond donors (Lipinski definition) is 2. The molecular formula is C14H24N4O2S. The lowest BCUT2D eigenvalue weighted by molar-refractivity contribution is 0.250. The molecule has 7 heteroatoms. The van der Waals surface area contributed by atoms with Crippen LogP contribution in [-0.2, 0) is 16.6 Å². The first kappa shape index (κ1) is 16.4. The van der Waals surface area contributed by atoms with Gasteiger partial charge in [0.1, 0.15) is 0 Å². The number of nitrogens with zero attached hydrogens (tertiary/aromatic N) is 2. The quantitative estimate of drug-likeness (QED) is 0.773. The Balaban J connectivity index is 1.85. The molecule has 0 spiro atoms. The van der Waals surface area contributed by atoms with Crippen LogP contribution in [0.5, 0.6) is 0 Å². The minimum atomic E-state index is -3.53. The first-order valence-corrected chi connectivity index (χ1v) is 8.86. The molecule has 1 heterocycles. The van der Waals surface area contributed by atoms with E-state index in [1.165, 1.54) is 37.9 Å². The van der Waals surface area contributed by atoms with Gasteiger partial charge in [0.15, 0.2) is 5.03 Å². The molecule has 6 nitrogen and oxygen atoms in total. The Hall–Kier alpha value is -1.02. The first-order chi connectivity index (χ1) is 10.0. The topological polar surface area (TPSA) is 88.3 Å². The minimum Gasteiger partial charge on any atom is -0.326 e. The van der Waals surface area contributed by atoms with Gasteiger partial charge >= 0.3 is 0 Å². The van der Waals surface area contributed by atoms with Crippen LogP contribution < -0.4 is 10.5 Å². The zero-order valence-electron chi connectivity index (χ0n) is 12.5. The summed E-state index contributed by atoms with van der Waals surface area (Å²) in [6, 6.07) is 3.77. The SMILES string of the molecule is CN(CCNS(=O)(=O)c1ccc(CN)cn1)C1CCCC1. The molecule has 0 saturated heterocycles. The van der Waals surface area contributed by atoms with Gasteiger partial charge in [-0.05, 0) is 31.5 Å². The van der Waals surface area contributed by atoms with E-state index in [0.29, 0.717) is 25.7 Å². The number of aromatic nitrogens is 1. The molecule has 1 aliphatic rings. The van der Waals surface area contributed by atoms with Crippen LogP contribution in [-0.4, -0.2) is 44.5 Å². The molecule has 2 rings (SSSR count). The molecular weight excluding hydrogens is 288 g/mol. The van der Waals surface area contributed by atoms with Gasteiger partial charge in [-0.15, -0.1) is 0 Å². The number of sulfonamides is 1. The van der Waals surface area contributed by atoms with Crippen molar-refractivity contribution < 1.29 is 8.42 Å². The normalized spacial score (nSPS) is 16.7. The van der Waals surface area contributed by atoms with E-state index in [1.807, 2.05) is 0 Å². The Morgan fingerprint density at radius 1 is 1.38 bits per heavy atom. The molecule has 1 fully saturated rings. The lowest BCUT2D eigenvalue weighted by Crippen LogP contribution is -2.37. The average molecular weight is 312 g/mol. The highest BCUT2D eigenvalue weighted by molar-refractivity contribution is 7.89. The van der Waals surface area contributed by atoms with E-state index in [2.05, 4.69) is 21.7 Å². The second kappa shape index (κ2) is 7.31. The van der Waals surface area contributed by atoms with Crippen molar-refractivity contribution in [1.29, 1.82) is 0 Å². The van der Waals surface area contributed by atoms with Gasteiger partial charge in [-0.2, -0.15) is 0 Å². The largest absolute Gasteiger partial charge is 0.326 e. The van der Waals surface area contributed by atoms with Crippen molar-refractivity contribution in [1.82, 2.24) is 14.6 Å². The number of nitrogens with one attached hydrogen (secondary N) is 1. The monoisotopic (exact) mass is 312 g/mol. The molecule has 0 aliphatic heterocycles. The fourth-order valence-electron chi connectivity index (χ4n) is 2.65. The molecule has 3 N–H and O–H groups in total. The van der Waals surface area contributed by atoms with Gasteiger partial charge in [-0.1, -0.05) is 18.9 Å². The predicted octanol–water partition coefficient (Wildman–Crippen LogP) is 0.693. The molecule has 1 aromatic rings. The Bertz CT molecular complexity index is 539. The van der Waals surface area contributed by atoms with Crippen molar-refractivity contribution in [3.8, 4) is 0 Å². The van der Waals surface area contributed by atoms with Crippen molar-refractivity contribution in [3.05, 3.63) is 23.9 Å². The third-order valence-corrected chi connectivity index (χ3v) is 5.39. The summed E-state index contributed by atoms with van der Waals surface area (Å²) in [5, 5.41) is 0.0446. The van der Waals surface area contributed by atoms with Gasteiger partial charge in [-0.25, -0.2) is 18.1 Å². The summed E-state index contributed by atoms with van der Waals surface area (Å²) in [5.41, 5.74) is 6.29. The maximum Gasteiger partial charge on any atom is 0.258 e. The molecule has 118 valence electrons. The minimum absolute atomic E-state index is 0.0446. The zero-order chi connectivity index (χ0) is 15.3. The molecule has 0 unspecified atom stereocenters. The van der Waals surface area contributed by atoms with E-state index in [1.54, 1.807) is 6.07 Å². The summed E-state index contributed by atoms with van der Waals surface area (Å²) in [6.45, 7) is 1.47. The second-order valence-electron chi connectivity index (χ2n) is 5.53. The van der Waals surface area contributed by atoms with Crippen LogP contribution in [0.3, 0.4) is 0 Å². The Morgan fingerprint density at radius 2 is 2.10 bits per heavy atom. The van der Waals surface area contributed by atoms with Crippen LogP contribution in [0.2, 0.25) is 0 Å². The molecule has 1 saturated carbocycles. The summed E-state index contributed by atoms with van der Waals surface area (Å²) < 4.78 is 26.8. The van der Waals surface area contributed by atoms with Crippen molar-refractivity contribution in [2.24, 2.45) is 5.73 Å². The molecule has 0 atom stereocenters. The van der Waals surface area contributed by atoms with Gasteiger partial charge in [0, 0.05) is 31.9 Å². The van der Waals surface area contributed by atoms with Crippen molar-refractivity contribution in [2.45, 2.75) is 43.3 Å². The lowest BCUT2D eigenvalue weighted by Gasteiger charge is -2.23. The standard InChI is InChI=1S/C14H24N4O2S/c1-18(13-4-2-3-5-13)9-8-17-21(19,20)14-7-6-12(10-15)11-16-14/h6-7,11,13,17H,2-5,8-10,15H2,1H3. The van der Waals surface area contributed by atoms with Crippen LogP contribution in [0.1, 0.15) is 31.2 Å². The van der Waals surface area contributed by atoms with Crippen molar-refractivity contribution in [2.75, 3.05) is 20.1 Å². The summed E-state index contributed by atoms with van der Waals surface area (Å²) in [6.07, 6.45) is 6.48. The number of nitrogens with two attached hydrogens (primary N) is 1. The fraction of sp³-hybridized carbons (Fsp3) is 0.643. The molecule has 1 aliphatic carbocycles. The highest BCUT2D eigenvalue weighted by Crippen LogP contribution is 2.21. The van der Waals surface area contributed by atoms with Gasteiger partial charge in [0.25, 0.3) is 10.0 Å². The van der Waals surface area contributed by atoms with E-state index in [9.17, 15) is 8.42 Å². The smallest absolute Gasteiger partial charge is 0.258 e. The summed E-state index contributed by atoms with van der Waals surface area (Å²) >= 11 is 0. The Morgan fingerprint density at radius 3 is 2.67 bits per heavy atom. The zero-order valence-corrected chi connectivity index (χ0v) is 13.3. The van der Waals surface area contributed by atoms with Crippen LogP contribution in [0, 0.1) is 0 Å². The van der Waals surface area contributed by atoms with Crippen molar-refractivity contribution in [3.63, 3.8) is 0 Å². The van der Waals surface area contributed by atoms with E-state index in [0.717, 1.165) is 5.56 Å². The average Bonchev–Trinajstić information content (AvgIpc) is 3.01. The van der Waals surface area contributed by atoms with Gasteiger partial charge < -0.3 is 10.6 Å². The van der Waals surface area contributed by atoms with Crippen LogP contribution in [0.4, 0.5) is 0 Å². The van der Waals surface area contributed by atoms with Gasteiger partial charge in [0.2, 0.25) is 0 Å². The summed E-state index contributed by atoms with van der Waals surface area (Å²) in [4.78, 5) is 6.19. The maximum absolute atomic E-state index is 12.1. The van der Waals surface area contributed by atoms with Crippen LogP contribution in [0.25, 0.3) is 0 Å². The van der Waals surface area contributed by atoms with Crippen LogP contribution >= 0.6 is 0 Å². The molecule has 1 aromatic heterocycles. The van der Waals surface area contributed by atoms with Crippen molar-refractivity contribution >= 4 is 10.0 Å². The maximum atomic E-state index is 12.1. The van der Waals surface area contributed by atoms with E-state index < -0.39 is 10.0 Å². The molecule has 0 aromatic carbocycles. The third-order valence-electron chi connectivity index (χ3n) is 4.01. The summed E-state index contributed by atoms with van der Waals surface area (Å²) in [7, 11) is -1.48. The molecule has 0 amide bonds. The van der Waals surface area contributed by atoms with Gasteiger partial charge in [-0.3, -0.25) is 0 Å². The lowest BCUT2D eigenvalue weighted by atomic mass is 10.2. The Kier molecular flexibility index (Phi) is 5.69. The first-order valence-electron chi connectivity index (χ1n) is 7.38. The van der Waals surface area contributed by atoms with E-state index in [-0.39, 0.29) is 5.03 Å². The predicted molar refractivity (Wildman–Crippen MR) is 82.2 cm³/mol. The highest BCUT2D eigenvalue weighted by Gasteiger charge is 2.20. The van der Waals surface area contributed by atoms with Gasteiger partial charge in [0.05, 0.1) is 0 Å². The summed E-state index contributed by atoms with van der Waals surface area (Å²) in [5.74, 6) is 0. The molecule has 0 radical (unpaired) electrons.